The molecule has 0 unspecified atom stereocenters. The van der Waals surface area contributed by atoms with E-state index < -0.39 is 6.04 Å². The number of carbonyl (C=O) groups excluding carboxylic acids is 3. The van der Waals surface area contributed by atoms with Crippen LogP contribution in [0.1, 0.15) is 57.3 Å². The zero-order valence-corrected chi connectivity index (χ0v) is 22.4. The highest BCUT2D eigenvalue weighted by atomic mass is 16.5. The molecule has 3 N–H and O–H groups in total. The number of urea groups is 1. The van der Waals surface area contributed by atoms with Crippen molar-refractivity contribution in [1.82, 2.24) is 25.8 Å². The lowest BCUT2D eigenvalue weighted by Gasteiger charge is -2.43. The van der Waals surface area contributed by atoms with Crippen molar-refractivity contribution in [2.75, 3.05) is 32.8 Å². The van der Waals surface area contributed by atoms with E-state index in [2.05, 4.69) is 34.7 Å². The molecule has 2 saturated heterocycles. The lowest BCUT2D eigenvalue weighted by atomic mass is 9.96. The molecule has 3 aliphatic heterocycles. The zero-order valence-electron chi connectivity index (χ0n) is 22.4. The van der Waals surface area contributed by atoms with Gasteiger partial charge in [0.2, 0.25) is 5.91 Å². The van der Waals surface area contributed by atoms with Crippen molar-refractivity contribution in [2.24, 2.45) is 0 Å². The van der Waals surface area contributed by atoms with Crippen molar-refractivity contribution in [1.29, 1.82) is 0 Å². The number of hydrogen-bond acceptors (Lipinski definition) is 6. The van der Waals surface area contributed by atoms with E-state index in [1.807, 2.05) is 26.0 Å². The Kier molecular flexibility index (Phi) is 8.91. The number of para-hydroxylation sites is 1. The topological polar surface area (TPSA) is 112 Å². The zero-order chi connectivity index (χ0) is 26.5. The molecule has 0 aliphatic carbocycles. The second kappa shape index (κ2) is 12.1. The van der Waals surface area contributed by atoms with Crippen LogP contribution in [0, 0.1) is 0 Å². The van der Waals surface area contributed by atoms with Gasteiger partial charge in [-0.1, -0.05) is 12.1 Å². The molecule has 204 valence electrons. The lowest BCUT2D eigenvalue weighted by molar-refractivity contribution is -0.130. The molecule has 3 heterocycles. The first-order valence-corrected chi connectivity index (χ1v) is 13.5. The van der Waals surface area contributed by atoms with Crippen molar-refractivity contribution < 1.29 is 23.9 Å². The van der Waals surface area contributed by atoms with Gasteiger partial charge in [0.25, 0.3) is 5.91 Å². The number of benzene rings is 1. The predicted molar refractivity (Wildman–Crippen MR) is 140 cm³/mol. The summed E-state index contributed by atoms with van der Waals surface area (Å²) >= 11 is 0. The minimum atomic E-state index is -0.644. The lowest BCUT2D eigenvalue weighted by Crippen LogP contribution is -2.63. The van der Waals surface area contributed by atoms with E-state index >= 15 is 0 Å². The standard InChI is InChI=1S/C27H41N5O5/c1-17(2)29-27(35)30-21-10-9-19-11-14-36-23-8-6-5-7-20(23)26(34)32-13-12-31(18(3)4)16-22(32)25(33)28-15-24(21)37-19/h5-8,17-19,21-22,24H,9-16H2,1-4H3,(H,28,33)(H2,29,30,35)/t19-,21+,22-,24+/m0/s1. The number of fused-ring (bicyclic) bond motifs is 4. The number of piperazine rings is 1. The number of ether oxygens (including phenoxy) is 2. The van der Waals surface area contributed by atoms with Gasteiger partial charge in [-0.15, -0.1) is 0 Å². The van der Waals surface area contributed by atoms with E-state index in [4.69, 9.17) is 9.47 Å². The van der Waals surface area contributed by atoms with Crippen LogP contribution in [0.4, 0.5) is 4.79 Å². The maximum absolute atomic E-state index is 13.7. The fraction of sp³-hybridized carbons (Fsp3) is 0.667. The van der Waals surface area contributed by atoms with Gasteiger partial charge in [-0.25, -0.2) is 4.79 Å². The number of hydrogen-bond donors (Lipinski definition) is 3. The number of carbonyl (C=O) groups is 3. The molecule has 1 aromatic carbocycles. The van der Waals surface area contributed by atoms with Crippen LogP contribution in [0.2, 0.25) is 0 Å². The summed E-state index contributed by atoms with van der Waals surface area (Å²) in [6.45, 7) is 10.3. The van der Waals surface area contributed by atoms with E-state index in [0.29, 0.717) is 44.0 Å². The third kappa shape index (κ3) is 6.73. The smallest absolute Gasteiger partial charge is 0.315 e. The summed E-state index contributed by atoms with van der Waals surface area (Å²) in [5.74, 6) is 0.107. The van der Waals surface area contributed by atoms with Crippen LogP contribution in [-0.2, 0) is 9.53 Å². The van der Waals surface area contributed by atoms with E-state index in [1.165, 1.54) is 0 Å². The third-order valence-electron chi connectivity index (χ3n) is 7.35. The molecule has 4 atom stereocenters. The highest BCUT2D eigenvalue weighted by Crippen LogP contribution is 2.26. The van der Waals surface area contributed by atoms with Crippen LogP contribution in [0.5, 0.6) is 5.75 Å². The average Bonchev–Trinajstić information content (AvgIpc) is 2.87. The highest BCUT2D eigenvalue weighted by Gasteiger charge is 2.39. The van der Waals surface area contributed by atoms with E-state index in [9.17, 15) is 14.4 Å². The van der Waals surface area contributed by atoms with E-state index in [0.717, 1.165) is 12.8 Å². The Morgan fingerprint density at radius 1 is 1.08 bits per heavy atom. The Hall–Kier alpha value is -2.85. The molecule has 2 bridgehead atoms. The molecule has 1 aromatic rings. The summed E-state index contributed by atoms with van der Waals surface area (Å²) in [5, 5.41) is 8.94. The summed E-state index contributed by atoms with van der Waals surface area (Å²) in [7, 11) is 0. The van der Waals surface area contributed by atoms with Gasteiger partial charge in [-0.2, -0.15) is 0 Å². The first-order chi connectivity index (χ1) is 17.7. The quantitative estimate of drug-likeness (QED) is 0.566. The minimum Gasteiger partial charge on any atom is -0.493 e. The maximum atomic E-state index is 13.7. The third-order valence-corrected chi connectivity index (χ3v) is 7.35. The van der Waals surface area contributed by atoms with Crippen LogP contribution in [-0.4, -0.2) is 96.8 Å². The highest BCUT2D eigenvalue weighted by molar-refractivity contribution is 6.00. The van der Waals surface area contributed by atoms with Crippen molar-refractivity contribution in [3.8, 4) is 5.75 Å². The fourth-order valence-corrected chi connectivity index (χ4v) is 5.29. The molecule has 10 nitrogen and oxygen atoms in total. The van der Waals surface area contributed by atoms with Gasteiger partial charge in [0.1, 0.15) is 11.8 Å². The number of nitrogens with zero attached hydrogens (tertiary/aromatic N) is 2. The molecule has 4 amide bonds. The molecular formula is C27H41N5O5. The van der Waals surface area contributed by atoms with Gasteiger partial charge in [0.05, 0.1) is 30.4 Å². The molecule has 4 rings (SSSR count). The molecule has 0 spiro atoms. The van der Waals surface area contributed by atoms with Crippen LogP contribution in [0.3, 0.4) is 0 Å². The Balaban J connectivity index is 1.58. The summed E-state index contributed by atoms with van der Waals surface area (Å²) in [6, 6.07) is 6.38. The van der Waals surface area contributed by atoms with Crippen molar-refractivity contribution in [2.45, 2.75) is 83.3 Å². The number of nitrogens with one attached hydrogen (secondary N) is 3. The Morgan fingerprint density at radius 3 is 2.62 bits per heavy atom. The summed E-state index contributed by atoms with van der Waals surface area (Å²) in [6.07, 6.45) is 1.70. The summed E-state index contributed by atoms with van der Waals surface area (Å²) < 4.78 is 12.5. The van der Waals surface area contributed by atoms with Crippen LogP contribution in [0.25, 0.3) is 0 Å². The van der Waals surface area contributed by atoms with Crippen LogP contribution < -0.4 is 20.7 Å². The Morgan fingerprint density at radius 2 is 1.86 bits per heavy atom. The van der Waals surface area contributed by atoms with Crippen LogP contribution >= 0.6 is 0 Å². The van der Waals surface area contributed by atoms with E-state index in [-0.39, 0.29) is 54.7 Å². The molecular weight excluding hydrogens is 474 g/mol. The summed E-state index contributed by atoms with van der Waals surface area (Å²) in [5.41, 5.74) is 0.471. The predicted octanol–water partition coefficient (Wildman–Crippen LogP) is 1.74. The first-order valence-electron chi connectivity index (χ1n) is 13.5. The average molecular weight is 516 g/mol. The molecule has 0 aromatic heterocycles. The van der Waals surface area contributed by atoms with Gasteiger partial charge in [0.15, 0.2) is 0 Å². The second-order valence-corrected chi connectivity index (χ2v) is 10.7. The number of amides is 4. The van der Waals surface area contributed by atoms with Crippen molar-refractivity contribution >= 4 is 17.8 Å². The normalized spacial score (nSPS) is 27.5. The molecule has 0 radical (unpaired) electrons. The molecule has 37 heavy (non-hydrogen) atoms. The summed E-state index contributed by atoms with van der Waals surface area (Å²) in [4.78, 5) is 43.5. The SMILES string of the molecule is CC(C)NC(=O)N[C@@H]1CC[C@H]2CCOc3ccccc3C(=O)N3CCN(C(C)C)C[C@H]3C(=O)NC[C@H]1O2. The Labute approximate surface area is 219 Å². The number of rotatable bonds is 3. The second-order valence-electron chi connectivity index (χ2n) is 10.7. The molecule has 3 aliphatic rings. The Bertz CT molecular complexity index is 970. The fourth-order valence-electron chi connectivity index (χ4n) is 5.29. The van der Waals surface area contributed by atoms with E-state index in [1.54, 1.807) is 17.0 Å². The van der Waals surface area contributed by atoms with Gasteiger partial charge in [-0.05, 0) is 52.7 Å². The van der Waals surface area contributed by atoms with Crippen LogP contribution in [0.15, 0.2) is 24.3 Å². The van der Waals surface area contributed by atoms with Gasteiger partial charge < -0.3 is 30.3 Å². The monoisotopic (exact) mass is 515 g/mol. The van der Waals surface area contributed by atoms with Gasteiger partial charge >= 0.3 is 6.03 Å². The minimum absolute atomic E-state index is 0.0136. The largest absolute Gasteiger partial charge is 0.493 e. The van der Waals surface area contributed by atoms with Crippen molar-refractivity contribution in [3.05, 3.63) is 29.8 Å². The molecule has 0 saturated carbocycles. The maximum Gasteiger partial charge on any atom is 0.315 e. The van der Waals surface area contributed by atoms with Gasteiger partial charge in [-0.3, -0.25) is 14.5 Å². The first kappa shape index (κ1) is 27.2. The van der Waals surface area contributed by atoms with Crippen molar-refractivity contribution in [3.63, 3.8) is 0 Å². The van der Waals surface area contributed by atoms with Gasteiger partial charge in [0, 0.05) is 44.7 Å². The molecule has 10 heteroatoms. The molecule has 2 fully saturated rings.